The van der Waals surface area contributed by atoms with Gasteiger partial charge in [0.25, 0.3) is 0 Å². The van der Waals surface area contributed by atoms with Crippen molar-refractivity contribution in [1.82, 2.24) is 0 Å². The van der Waals surface area contributed by atoms with Gasteiger partial charge in [0.2, 0.25) is 0 Å². The number of aliphatic carboxylic acids is 1. The molecule has 0 spiro atoms. The molecule has 8 nitrogen and oxygen atoms in total. The van der Waals surface area contributed by atoms with Crippen molar-refractivity contribution in [2.45, 2.75) is 174 Å². The maximum absolute atomic E-state index is 12.6. The number of unbranched alkanes of at least 4 members (excludes halogenated alkanes) is 13. The van der Waals surface area contributed by atoms with E-state index < -0.39 is 18.1 Å². The number of rotatable bonds is 37. The van der Waals surface area contributed by atoms with Gasteiger partial charge < -0.3 is 28.6 Å². The van der Waals surface area contributed by atoms with E-state index in [1.54, 1.807) is 21.1 Å². The molecule has 0 saturated carbocycles. The van der Waals surface area contributed by atoms with E-state index >= 15 is 0 Å². The van der Waals surface area contributed by atoms with Gasteiger partial charge in [-0.25, -0.2) is 0 Å². The number of hydrogen-bond donors (Lipinski definition) is 0. The normalized spacial score (nSPS) is 13.6. The maximum atomic E-state index is 12.6. The van der Waals surface area contributed by atoms with E-state index in [4.69, 9.17) is 14.2 Å². The summed E-state index contributed by atoms with van der Waals surface area (Å²) in [6.45, 7) is 4.53. The molecular formula is C46H79NO7. The molecule has 0 aromatic carbocycles. The van der Waals surface area contributed by atoms with Crippen molar-refractivity contribution >= 4 is 17.9 Å². The monoisotopic (exact) mass is 758 g/mol. The maximum Gasteiger partial charge on any atom is 0.306 e. The fourth-order valence-corrected chi connectivity index (χ4v) is 5.76. The second-order valence-electron chi connectivity index (χ2n) is 15.2. The summed E-state index contributed by atoms with van der Waals surface area (Å²) >= 11 is 0. The third-order valence-electron chi connectivity index (χ3n) is 9.13. The van der Waals surface area contributed by atoms with Gasteiger partial charge in [0.1, 0.15) is 12.6 Å². The highest BCUT2D eigenvalue weighted by molar-refractivity contribution is 5.70. The molecule has 0 radical (unpaired) electrons. The average Bonchev–Trinajstić information content (AvgIpc) is 3.12. The van der Waals surface area contributed by atoms with Crippen LogP contribution in [0.25, 0.3) is 0 Å². The molecule has 0 aromatic rings. The number of carbonyl (C=O) groups is 3. The van der Waals surface area contributed by atoms with Crippen LogP contribution in [0.1, 0.15) is 162 Å². The largest absolute Gasteiger partial charge is 0.544 e. The lowest BCUT2D eigenvalue weighted by Crippen LogP contribution is -2.55. The molecule has 0 saturated heterocycles. The Hall–Kier alpha value is -2.97. The molecule has 54 heavy (non-hydrogen) atoms. The first-order chi connectivity index (χ1) is 26.1. The molecular weight excluding hydrogens is 679 g/mol. The van der Waals surface area contributed by atoms with Crippen LogP contribution in [0.3, 0.4) is 0 Å². The van der Waals surface area contributed by atoms with Gasteiger partial charge in [0, 0.05) is 19.3 Å². The minimum atomic E-state index is -1.13. The number of carbonyl (C=O) groups excluding carboxylic acids is 3. The second kappa shape index (κ2) is 37.0. The predicted octanol–water partition coefficient (Wildman–Crippen LogP) is 10.1. The molecule has 0 amide bonds. The summed E-state index contributed by atoms with van der Waals surface area (Å²) < 4.78 is 17.0. The molecule has 310 valence electrons. The van der Waals surface area contributed by atoms with Crippen molar-refractivity contribution in [1.29, 1.82) is 0 Å². The molecule has 8 heteroatoms. The summed E-state index contributed by atoms with van der Waals surface area (Å²) in [6, 6.07) is -0.733. The van der Waals surface area contributed by atoms with Crippen LogP contribution in [-0.4, -0.2) is 75.5 Å². The molecule has 0 bridgehead atoms. The lowest BCUT2D eigenvalue weighted by atomic mass is 10.1. The summed E-state index contributed by atoms with van der Waals surface area (Å²) in [4.78, 5) is 36.7. The standard InChI is InChI=1S/C46H79NO7/c1-6-8-10-12-14-16-17-18-19-20-21-22-23-24-25-26-27-29-30-32-34-36-44(48)53-41-42(40-52-39-38-43(46(50)51)47(3,4)5)54-45(49)37-35-33-31-28-15-13-11-9-7-2/h14,16,18-19,21-22,24-25,28,31,42-43H,6-13,15,17,20,23,26-27,29-30,32-41H2,1-5H3/b16-14+,19-18+,22-21+,25-24+,31-28+. The number of ether oxygens (including phenoxy) is 3. The van der Waals surface area contributed by atoms with Crippen molar-refractivity contribution in [2.75, 3.05) is 41.0 Å². The van der Waals surface area contributed by atoms with Gasteiger partial charge in [0.15, 0.2) is 6.10 Å². The van der Waals surface area contributed by atoms with E-state index in [1.165, 1.54) is 51.4 Å². The van der Waals surface area contributed by atoms with E-state index in [1.807, 2.05) is 0 Å². The van der Waals surface area contributed by atoms with E-state index in [0.717, 1.165) is 70.6 Å². The molecule has 0 aromatic heterocycles. The Labute approximate surface area is 330 Å². The molecule has 0 aliphatic rings. The Morgan fingerprint density at radius 3 is 1.56 bits per heavy atom. The highest BCUT2D eigenvalue weighted by Gasteiger charge is 2.25. The molecule has 0 fully saturated rings. The topological polar surface area (TPSA) is 102 Å². The third-order valence-corrected chi connectivity index (χ3v) is 9.13. The van der Waals surface area contributed by atoms with Gasteiger partial charge >= 0.3 is 11.9 Å². The number of esters is 2. The van der Waals surface area contributed by atoms with Crippen LogP contribution in [0.4, 0.5) is 0 Å². The van der Waals surface area contributed by atoms with Crippen LogP contribution in [-0.2, 0) is 28.6 Å². The third kappa shape index (κ3) is 34.8. The summed E-state index contributed by atoms with van der Waals surface area (Å²) in [5, 5.41) is 11.6. The number of hydrogen-bond acceptors (Lipinski definition) is 7. The van der Waals surface area contributed by atoms with Crippen LogP contribution < -0.4 is 5.11 Å². The van der Waals surface area contributed by atoms with Gasteiger partial charge in [-0.05, 0) is 77.0 Å². The molecule has 2 atom stereocenters. The number of likely N-dealkylation sites (N-methyl/N-ethyl adjacent to an activating group) is 1. The predicted molar refractivity (Wildman–Crippen MR) is 222 cm³/mol. The van der Waals surface area contributed by atoms with Crippen molar-refractivity contribution in [3.63, 3.8) is 0 Å². The number of nitrogens with zero attached hydrogens (tertiary/aromatic N) is 1. The van der Waals surface area contributed by atoms with Crippen LogP contribution >= 0.6 is 0 Å². The highest BCUT2D eigenvalue weighted by Crippen LogP contribution is 2.12. The van der Waals surface area contributed by atoms with Crippen molar-refractivity contribution < 1.29 is 38.2 Å². The molecule has 0 rings (SSSR count). The Bertz CT molecular complexity index is 1070. The molecule has 0 aliphatic carbocycles. The molecule has 0 aliphatic heterocycles. The van der Waals surface area contributed by atoms with E-state index in [9.17, 15) is 19.5 Å². The second-order valence-corrected chi connectivity index (χ2v) is 15.2. The molecule has 0 heterocycles. The summed E-state index contributed by atoms with van der Waals surface area (Å²) in [6.07, 6.45) is 44.0. The van der Waals surface area contributed by atoms with E-state index in [-0.39, 0.29) is 49.1 Å². The van der Waals surface area contributed by atoms with Gasteiger partial charge in [-0.15, -0.1) is 0 Å². The zero-order chi connectivity index (χ0) is 40.0. The average molecular weight is 758 g/mol. The Balaban J connectivity index is 4.33. The zero-order valence-corrected chi connectivity index (χ0v) is 35.1. The first-order valence-electron chi connectivity index (χ1n) is 21.3. The Kier molecular flexibility index (Phi) is 34.9. The lowest BCUT2D eigenvalue weighted by Gasteiger charge is -2.34. The Morgan fingerprint density at radius 2 is 1.00 bits per heavy atom. The molecule has 0 N–H and O–H groups in total. The van der Waals surface area contributed by atoms with E-state index in [2.05, 4.69) is 74.6 Å². The fourth-order valence-electron chi connectivity index (χ4n) is 5.76. The summed E-state index contributed by atoms with van der Waals surface area (Å²) in [5.74, 6) is -1.81. The number of quaternary nitrogens is 1. The van der Waals surface area contributed by atoms with Crippen molar-refractivity contribution in [3.05, 3.63) is 60.8 Å². The minimum absolute atomic E-state index is 0.0209. The first kappa shape index (κ1) is 51.0. The number of carboxylic acid groups (broad SMARTS) is 1. The van der Waals surface area contributed by atoms with Crippen molar-refractivity contribution in [2.24, 2.45) is 0 Å². The fraction of sp³-hybridized carbons (Fsp3) is 0.717. The van der Waals surface area contributed by atoms with Gasteiger partial charge in [-0.2, -0.15) is 0 Å². The Morgan fingerprint density at radius 1 is 0.556 bits per heavy atom. The highest BCUT2D eigenvalue weighted by atomic mass is 16.6. The van der Waals surface area contributed by atoms with Gasteiger partial charge in [-0.1, -0.05) is 126 Å². The van der Waals surface area contributed by atoms with Crippen LogP contribution in [0.2, 0.25) is 0 Å². The smallest absolute Gasteiger partial charge is 0.306 e. The quantitative estimate of drug-likeness (QED) is 0.0269. The van der Waals surface area contributed by atoms with E-state index in [0.29, 0.717) is 12.8 Å². The number of allylic oxidation sites excluding steroid dienone is 10. The van der Waals surface area contributed by atoms with Crippen molar-refractivity contribution in [3.8, 4) is 0 Å². The summed E-state index contributed by atoms with van der Waals surface area (Å²) in [5.41, 5.74) is 0. The van der Waals surface area contributed by atoms with Gasteiger partial charge in [0.05, 0.1) is 40.3 Å². The first-order valence-corrected chi connectivity index (χ1v) is 21.3. The van der Waals surface area contributed by atoms with Crippen LogP contribution in [0.15, 0.2) is 60.8 Å². The number of carboxylic acids is 1. The minimum Gasteiger partial charge on any atom is -0.544 e. The lowest BCUT2D eigenvalue weighted by molar-refractivity contribution is -0.889. The van der Waals surface area contributed by atoms with Gasteiger partial charge in [-0.3, -0.25) is 9.59 Å². The molecule has 2 unspecified atom stereocenters. The van der Waals surface area contributed by atoms with Crippen LogP contribution in [0, 0.1) is 0 Å². The summed E-state index contributed by atoms with van der Waals surface area (Å²) in [7, 11) is 5.38. The zero-order valence-electron chi connectivity index (χ0n) is 35.1. The SMILES string of the molecule is CCCCC/C=C/C/C=C/C/C=C/C/C=C/CCCCCCCC(=O)OCC(COCCC(C(=O)[O-])[N+](C)(C)C)OC(=O)CCC/C=C/CCCCCC. The van der Waals surface area contributed by atoms with Crippen LogP contribution in [0.5, 0.6) is 0 Å².